The standard InChI is InChI=1S/C26H31N3O2S2.2C2H6/c1-5-18(2)12-13-23(31-16-21-10-8-6-7-9-11-21)14-24-28-19(3)25(33-24)26(30)27-15-22-17-32-20(4)29-22;2*1-2/h6,8-14,17-18,20,29H,5,15-16H2,1-4H3,(H,27,30);2*1-2H3/b13-12-,23-14+;;. The average molecular weight is 542 g/mol. The highest BCUT2D eigenvalue weighted by molar-refractivity contribution is 8.02. The molecule has 0 spiro atoms. The summed E-state index contributed by atoms with van der Waals surface area (Å²) in [5, 5.41) is 9.45. The maximum Gasteiger partial charge on any atom is 0.263 e. The first-order chi connectivity index (χ1) is 17.9. The Morgan fingerprint density at radius 1 is 1.30 bits per heavy atom. The van der Waals surface area contributed by atoms with E-state index in [0.29, 0.717) is 29.3 Å². The lowest BCUT2D eigenvalue weighted by molar-refractivity contribution is 0.0959. The maximum absolute atomic E-state index is 12.7. The molecule has 2 aliphatic rings. The fraction of sp³-hybridized carbons (Fsp3) is 0.433. The Labute approximate surface area is 232 Å². The van der Waals surface area contributed by atoms with Crippen LogP contribution in [0.25, 0.3) is 6.08 Å². The van der Waals surface area contributed by atoms with E-state index in [0.717, 1.165) is 34.2 Å². The molecule has 0 bridgehead atoms. The molecule has 202 valence electrons. The molecule has 0 aromatic carbocycles. The monoisotopic (exact) mass is 541 g/mol. The smallest absolute Gasteiger partial charge is 0.263 e. The number of carbonyl (C=O) groups is 1. The first kappa shape index (κ1) is 32.3. The molecule has 2 heterocycles. The minimum absolute atomic E-state index is 0.109. The van der Waals surface area contributed by atoms with Gasteiger partial charge in [-0.3, -0.25) is 4.79 Å². The van der Waals surface area contributed by atoms with Crippen LogP contribution in [0, 0.1) is 12.8 Å². The average Bonchev–Trinajstić information content (AvgIpc) is 3.40. The van der Waals surface area contributed by atoms with E-state index in [2.05, 4.69) is 53.6 Å². The number of aryl methyl sites for hydroxylation is 1. The molecule has 0 saturated carbocycles. The topological polar surface area (TPSA) is 63.2 Å². The number of allylic oxidation sites excluding steroid dienone is 5. The van der Waals surface area contributed by atoms with Crippen molar-refractivity contribution in [2.75, 3.05) is 13.2 Å². The van der Waals surface area contributed by atoms with Gasteiger partial charge in [0.25, 0.3) is 5.91 Å². The molecule has 0 fully saturated rings. The van der Waals surface area contributed by atoms with Crippen molar-refractivity contribution in [2.24, 2.45) is 5.92 Å². The number of nitrogens with one attached hydrogen (secondary N) is 2. The maximum atomic E-state index is 12.7. The molecule has 1 amide bonds. The molecule has 2 N–H and O–H groups in total. The van der Waals surface area contributed by atoms with Crippen molar-refractivity contribution in [3.8, 4) is 0 Å². The number of thiazole rings is 1. The third kappa shape index (κ3) is 11.9. The van der Waals surface area contributed by atoms with Gasteiger partial charge in [-0.2, -0.15) is 0 Å². The molecule has 1 aromatic rings. The van der Waals surface area contributed by atoms with E-state index in [9.17, 15) is 4.79 Å². The van der Waals surface area contributed by atoms with E-state index >= 15 is 0 Å². The second-order valence-electron chi connectivity index (χ2n) is 7.90. The molecule has 2 unspecified atom stereocenters. The van der Waals surface area contributed by atoms with E-state index in [1.165, 1.54) is 11.3 Å². The Kier molecular flexibility index (Phi) is 16.2. The van der Waals surface area contributed by atoms with Crippen molar-refractivity contribution in [3.63, 3.8) is 0 Å². The van der Waals surface area contributed by atoms with Gasteiger partial charge in [-0.25, -0.2) is 4.98 Å². The highest BCUT2D eigenvalue weighted by Crippen LogP contribution is 2.23. The van der Waals surface area contributed by atoms with Crippen LogP contribution in [0.1, 0.15) is 75.3 Å². The van der Waals surface area contributed by atoms with Crippen LogP contribution >= 0.6 is 23.1 Å². The fourth-order valence-corrected chi connectivity index (χ4v) is 4.63. The van der Waals surface area contributed by atoms with Gasteiger partial charge in [0.1, 0.15) is 22.3 Å². The number of hydrogen-bond acceptors (Lipinski definition) is 6. The van der Waals surface area contributed by atoms with E-state index in [4.69, 9.17) is 4.74 Å². The molecule has 3 rings (SSSR count). The summed E-state index contributed by atoms with van der Waals surface area (Å²) in [7, 11) is 0. The lowest BCUT2D eigenvalue weighted by Gasteiger charge is -2.08. The fourth-order valence-electron chi connectivity index (χ4n) is 2.96. The van der Waals surface area contributed by atoms with Gasteiger partial charge in [-0.15, -0.1) is 28.8 Å². The van der Waals surface area contributed by atoms with E-state index in [1.807, 2.05) is 77.2 Å². The van der Waals surface area contributed by atoms with Crippen molar-refractivity contribution in [1.82, 2.24) is 15.6 Å². The SMILES string of the molecule is CC.CC.CCC(C)/C=C\C(=C/c1nc(C)c(C(=O)NCC2=CSC(C)N2)s1)OCC1=CC=C=CC=C1. The minimum Gasteiger partial charge on any atom is -0.489 e. The van der Waals surface area contributed by atoms with Crippen LogP contribution in [-0.2, 0) is 4.74 Å². The molecule has 5 nitrogen and oxygen atoms in total. The Morgan fingerprint density at radius 3 is 2.73 bits per heavy atom. The number of aromatic nitrogens is 1. The minimum atomic E-state index is -0.109. The number of hydrogen-bond donors (Lipinski definition) is 2. The number of amides is 1. The van der Waals surface area contributed by atoms with Gasteiger partial charge in [0.2, 0.25) is 0 Å². The van der Waals surface area contributed by atoms with Crippen LogP contribution in [0.15, 0.2) is 70.7 Å². The number of carbonyl (C=O) groups excluding carboxylic acids is 1. The van der Waals surface area contributed by atoms with Gasteiger partial charge in [0, 0.05) is 11.8 Å². The van der Waals surface area contributed by atoms with Gasteiger partial charge in [-0.05, 0) is 55.1 Å². The second kappa shape index (κ2) is 18.5. The molecule has 1 aliphatic heterocycles. The zero-order valence-corrected chi connectivity index (χ0v) is 25.2. The molecule has 1 aromatic heterocycles. The second-order valence-corrected chi connectivity index (χ2v) is 10.1. The summed E-state index contributed by atoms with van der Waals surface area (Å²) >= 11 is 3.09. The van der Waals surface area contributed by atoms with E-state index in [1.54, 1.807) is 11.8 Å². The number of nitrogens with zero attached hydrogens (tertiary/aromatic N) is 1. The Bertz CT molecular complexity index is 1070. The third-order valence-corrected chi connectivity index (χ3v) is 7.11. The van der Waals surface area contributed by atoms with Crippen LogP contribution in [0.4, 0.5) is 0 Å². The quantitative estimate of drug-likeness (QED) is 0.179. The Hall–Kier alpha value is -2.73. The van der Waals surface area contributed by atoms with Crippen molar-refractivity contribution < 1.29 is 9.53 Å². The normalized spacial score (nSPS) is 17.0. The number of ether oxygens (including phenoxy) is 1. The molecule has 0 radical (unpaired) electrons. The van der Waals surface area contributed by atoms with E-state index in [-0.39, 0.29) is 5.91 Å². The van der Waals surface area contributed by atoms with E-state index < -0.39 is 0 Å². The highest BCUT2D eigenvalue weighted by atomic mass is 32.2. The van der Waals surface area contributed by atoms with Crippen LogP contribution in [-0.4, -0.2) is 29.4 Å². The summed E-state index contributed by atoms with van der Waals surface area (Å²) in [4.78, 5) is 18.0. The summed E-state index contributed by atoms with van der Waals surface area (Å²) in [5.41, 5.74) is 5.85. The zero-order valence-electron chi connectivity index (χ0n) is 23.6. The largest absolute Gasteiger partial charge is 0.489 e. The van der Waals surface area contributed by atoms with Crippen molar-refractivity contribution >= 4 is 35.1 Å². The lowest BCUT2D eigenvalue weighted by Crippen LogP contribution is -2.30. The summed E-state index contributed by atoms with van der Waals surface area (Å²) in [5.74, 6) is 1.06. The first-order valence-corrected chi connectivity index (χ1v) is 14.9. The first-order valence-electron chi connectivity index (χ1n) is 13.1. The van der Waals surface area contributed by atoms with Crippen LogP contribution in [0.5, 0.6) is 0 Å². The summed E-state index contributed by atoms with van der Waals surface area (Å²) in [6.45, 7) is 17.2. The molecule has 7 heteroatoms. The van der Waals surface area contributed by atoms with Gasteiger partial charge in [-0.1, -0.05) is 66.2 Å². The van der Waals surface area contributed by atoms with Gasteiger partial charge in [0.05, 0.1) is 17.6 Å². The van der Waals surface area contributed by atoms with Crippen LogP contribution < -0.4 is 10.6 Å². The van der Waals surface area contributed by atoms with Crippen molar-refractivity contribution in [2.45, 2.75) is 67.2 Å². The third-order valence-electron chi connectivity index (χ3n) is 5.06. The highest BCUT2D eigenvalue weighted by Gasteiger charge is 2.17. The molecular weight excluding hydrogens is 498 g/mol. The van der Waals surface area contributed by atoms with Crippen molar-refractivity contribution in [3.05, 3.63) is 86.3 Å². The molecule has 37 heavy (non-hydrogen) atoms. The lowest BCUT2D eigenvalue weighted by atomic mass is 10.1. The summed E-state index contributed by atoms with van der Waals surface area (Å²) in [6.07, 6.45) is 16.8. The van der Waals surface area contributed by atoms with Gasteiger partial charge in [0.15, 0.2) is 0 Å². The molecule has 2 atom stereocenters. The number of rotatable bonds is 10. The number of thioether (sulfide) groups is 1. The predicted octanol–water partition coefficient (Wildman–Crippen LogP) is 7.92. The zero-order chi connectivity index (χ0) is 27.6. The van der Waals surface area contributed by atoms with Crippen LogP contribution in [0.3, 0.4) is 0 Å². The van der Waals surface area contributed by atoms with Crippen LogP contribution in [0.2, 0.25) is 0 Å². The molecule has 0 saturated heterocycles. The summed E-state index contributed by atoms with van der Waals surface area (Å²) in [6, 6.07) is 0. The predicted molar refractivity (Wildman–Crippen MR) is 163 cm³/mol. The Morgan fingerprint density at radius 2 is 2.05 bits per heavy atom. The molecule has 1 aliphatic carbocycles. The van der Waals surface area contributed by atoms with Crippen molar-refractivity contribution in [1.29, 1.82) is 0 Å². The van der Waals surface area contributed by atoms with Gasteiger partial charge >= 0.3 is 0 Å². The van der Waals surface area contributed by atoms with Gasteiger partial charge < -0.3 is 15.4 Å². The molecular formula is C30H43N3O2S2. The Balaban J connectivity index is 0.00000163. The summed E-state index contributed by atoms with van der Waals surface area (Å²) < 4.78 is 6.11.